The average molecular weight is 423 g/mol. The zero-order chi connectivity index (χ0) is 22.4. The van der Waals surface area contributed by atoms with Crippen LogP contribution < -0.4 is 0 Å². The summed E-state index contributed by atoms with van der Waals surface area (Å²) < 4.78 is 10.0. The van der Waals surface area contributed by atoms with Gasteiger partial charge in [0.25, 0.3) is 0 Å². The Morgan fingerprint density at radius 2 is 1.90 bits per heavy atom. The summed E-state index contributed by atoms with van der Waals surface area (Å²) in [7, 11) is 1.26. The molecule has 168 valence electrons. The van der Waals surface area contributed by atoms with Crippen LogP contribution in [0.1, 0.15) is 53.4 Å². The first-order valence-electron chi connectivity index (χ1n) is 10.9. The van der Waals surface area contributed by atoms with Crippen molar-refractivity contribution in [2.75, 3.05) is 13.7 Å². The van der Waals surface area contributed by atoms with Gasteiger partial charge in [-0.15, -0.1) is 0 Å². The predicted molar refractivity (Wildman–Crippen MR) is 108 cm³/mol. The van der Waals surface area contributed by atoms with Crippen LogP contribution in [0.25, 0.3) is 0 Å². The molecule has 0 radical (unpaired) electrons. The van der Waals surface area contributed by atoms with Gasteiger partial charge in [-0.05, 0) is 56.8 Å². The van der Waals surface area contributed by atoms with Crippen LogP contribution in [0, 0.1) is 34.5 Å². The summed E-state index contributed by atoms with van der Waals surface area (Å²) >= 11 is 0. The summed E-state index contributed by atoms with van der Waals surface area (Å²) in [4.78, 5) is 38.2. The molecular formula is C23H34O7. The lowest BCUT2D eigenvalue weighted by molar-refractivity contribution is -0.209. The lowest BCUT2D eigenvalue weighted by atomic mass is 9.41. The number of Topliss-reactive ketones (excluding diaryl/α,β-unsaturated/α-hetero) is 1. The first kappa shape index (κ1) is 22.9. The van der Waals surface area contributed by atoms with E-state index in [0.717, 1.165) is 5.57 Å². The molecule has 0 saturated heterocycles. The van der Waals surface area contributed by atoms with E-state index >= 15 is 0 Å². The summed E-state index contributed by atoms with van der Waals surface area (Å²) in [5, 5.41) is 21.8. The molecule has 0 heterocycles. The highest BCUT2D eigenvalue weighted by atomic mass is 16.5. The quantitative estimate of drug-likeness (QED) is 0.529. The molecule has 0 amide bonds. The number of carbonyl (C=O) groups excluding carboxylic acids is 3. The van der Waals surface area contributed by atoms with Gasteiger partial charge in [-0.1, -0.05) is 19.4 Å². The minimum Gasteiger partial charge on any atom is -0.469 e. The van der Waals surface area contributed by atoms with Gasteiger partial charge in [0.1, 0.15) is 11.5 Å². The van der Waals surface area contributed by atoms with Crippen molar-refractivity contribution in [1.29, 1.82) is 0 Å². The number of ketones is 1. The molecule has 0 aliphatic heterocycles. The van der Waals surface area contributed by atoms with Gasteiger partial charge in [0.15, 0.2) is 5.78 Å². The van der Waals surface area contributed by atoms with Crippen LogP contribution in [-0.2, 0) is 23.9 Å². The number of hydrogen-bond donors (Lipinski definition) is 2. The second-order valence-electron chi connectivity index (χ2n) is 9.60. The smallest absolute Gasteiger partial charge is 0.330 e. The molecule has 7 heteroatoms. The van der Waals surface area contributed by atoms with Crippen molar-refractivity contribution in [3.8, 4) is 0 Å². The fourth-order valence-corrected chi connectivity index (χ4v) is 6.76. The maximum absolute atomic E-state index is 13.5. The highest BCUT2D eigenvalue weighted by molar-refractivity contribution is 5.94. The van der Waals surface area contributed by atoms with Gasteiger partial charge in [0.05, 0.1) is 19.8 Å². The molecule has 7 nitrogen and oxygen atoms in total. The topological polar surface area (TPSA) is 110 Å². The highest BCUT2D eigenvalue weighted by Crippen LogP contribution is 2.64. The minimum absolute atomic E-state index is 0.0129. The van der Waals surface area contributed by atoms with E-state index in [1.54, 1.807) is 13.8 Å². The number of rotatable bonds is 3. The zero-order valence-corrected chi connectivity index (χ0v) is 18.5. The van der Waals surface area contributed by atoms with Gasteiger partial charge in [-0.3, -0.25) is 9.59 Å². The number of allylic oxidation sites excluding steroid dienone is 1. The standard InChI is InChI=1S/C23H34O7/c1-6-30-16(25)11-13-7-8-14-17(12(13)2)18(26)19(27)20-22(14,3)10-9-15(24)23(20,4)21(28)29-5/h11-12,14-15,17-18,20,24,26H,6-10H2,1-5H3/b13-11+/t12-,14-,15-,17-,18+,20?,22+,23-/m0/s1. The van der Waals surface area contributed by atoms with Crippen LogP contribution in [-0.4, -0.2) is 53.9 Å². The third-order valence-corrected chi connectivity index (χ3v) is 8.28. The number of hydrogen-bond acceptors (Lipinski definition) is 7. The number of aliphatic hydroxyl groups is 2. The molecule has 30 heavy (non-hydrogen) atoms. The van der Waals surface area contributed by atoms with Crippen LogP contribution >= 0.6 is 0 Å². The van der Waals surface area contributed by atoms with Gasteiger partial charge >= 0.3 is 11.9 Å². The predicted octanol–water partition coefficient (Wildman–Crippen LogP) is 2.04. The molecule has 8 atom stereocenters. The average Bonchev–Trinajstić information content (AvgIpc) is 2.70. The molecule has 2 N–H and O–H groups in total. The first-order valence-corrected chi connectivity index (χ1v) is 10.9. The Balaban J connectivity index is 2.02. The number of esters is 2. The molecule has 3 aliphatic carbocycles. The van der Waals surface area contributed by atoms with Gasteiger partial charge in [0.2, 0.25) is 0 Å². The van der Waals surface area contributed by atoms with Crippen molar-refractivity contribution in [3.05, 3.63) is 11.6 Å². The molecular weight excluding hydrogens is 388 g/mol. The molecule has 3 saturated carbocycles. The number of methoxy groups -OCH3 is 1. The number of ether oxygens (including phenoxy) is 2. The van der Waals surface area contributed by atoms with Crippen molar-refractivity contribution in [1.82, 2.24) is 0 Å². The van der Waals surface area contributed by atoms with E-state index in [-0.39, 0.29) is 17.8 Å². The Bertz CT molecular complexity index is 759. The zero-order valence-electron chi connectivity index (χ0n) is 18.5. The van der Waals surface area contributed by atoms with Crippen molar-refractivity contribution in [2.45, 2.75) is 65.6 Å². The molecule has 0 bridgehead atoms. The molecule has 3 fully saturated rings. The van der Waals surface area contributed by atoms with E-state index in [1.807, 2.05) is 13.8 Å². The highest BCUT2D eigenvalue weighted by Gasteiger charge is 2.68. The summed E-state index contributed by atoms with van der Waals surface area (Å²) in [5.41, 5.74) is -1.06. The Morgan fingerprint density at radius 3 is 2.50 bits per heavy atom. The third kappa shape index (κ3) is 3.21. The maximum Gasteiger partial charge on any atom is 0.330 e. The summed E-state index contributed by atoms with van der Waals surface area (Å²) in [6.45, 7) is 7.59. The van der Waals surface area contributed by atoms with E-state index < -0.39 is 46.7 Å². The Morgan fingerprint density at radius 1 is 1.23 bits per heavy atom. The van der Waals surface area contributed by atoms with Crippen molar-refractivity contribution in [3.63, 3.8) is 0 Å². The molecule has 0 aromatic carbocycles. The second-order valence-corrected chi connectivity index (χ2v) is 9.60. The largest absolute Gasteiger partial charge is 0.469 e. The Hall–Kier alpha value is -1.73. The van der Waals surface area contributed by atoms with Crippen LogP contribution in [0.4, 0.5) is 0 Å². The SMILES string of the molecule is CCOC(=O)/C=C1\CC[C@H]2[C@@H]([C@@H](O)C(=O)C3[C@]2(C)CC[C@H](O)[C@]3(C)C(=O)OC)[C@H]1C. The maximum atomic E-state index is 13.5. The summed E-state index contributed by atoms with van der Waals surface area (Å²) in [6.07, 6.45) is 1.59. The lowest BCUT2D eigenvalue weighted by Crippen LogP contribution is -2.68. The number of fused-ring (bicyclic) bond motifs is 3. The summed E-state index contributed by atoms with van der Waals surface area (Å²) in [6, 6.07) is 0. The molecule has 1 unspecified atom stereocenters. The summed E-state index contributed by atoms with van der Waals surface area (Å²) in [5.74, 6) is -2.77. The minimum atomic E-state index is -1.39. The van der Waals surface area contributed by atoms with Crippen LogP contribution in [0.15, 0.2) is 11.6 Å². The molecule has 0 aromatic rings. The molecule has 3 rings (SSSR count). The number of aliphatic hydroxyl groups excluding tert-OH is 2. The van der Waals surface area contributed by atoms with E-state index in [0.29, 0.717) is 32.3 Å². The fraction of sp³-hybridized carbons (Fsp3) is 0.783. The van der Waals surface area contributed by atoms with Gasteiger partial charge < -0.3 is 19.7 Å². The van der Waals surface area contributed by atoms with E-state index in [1.165, 1.54) is 13.2 Å². The normalized spacial score (nSPS) is 44.8. The molecule has 0 spiro atoms. The second kappa shape index (κ2) is 8.08. The van der Waals surface area contributed by atoms with Crippen molar-refractivity contribution in [2.24, 2.45) is 34.5 Å². The Kier molecular flexibility index (Phi) is 6.18. The van der Waals surface area contributed by atoms with Crippen LogP contribution in [0.2, 0.25) is 0 Å². The lowest BCUT2D eigenvalue weighted by Gasteiger charge is -2.62. The fourth-order valence-electron chi connectivity index (χ4n) is 6.76. The first-order chi connectivity index (χ1) is 14.0. The number of carbonyl (C=O) groups is 3. The van der Waals surface area contributed by atoms with Gasteiger partial charge in [-0.2, -0.15) is 0 Å². The van der Waals surface area contributed by atoms with E-state index in [2.05, 4.69) is 0 Å². The molecule has 0 aromatic heterocycles. The molecule has 3 aliphatic rings. The van der Waals surface area contributed by atoms with Crippen molar-refractivity contribution >= 4 is 17.7 Å². The Labute approximate surface area is 177 Å². The van der Waals surface area contributed by atoms with Gasteiger partial charge in [0, 0.05) is 17.9 Å². The van der Waals surface area contributed by atoms with Crippen LogP contribution in [0.3, 0.4) is 0 Å². The van der Waals surface area contributed by atoms with Crippen LogP contribution in [0.5, 0.6) is 0 Å². The van der Waals surface area contributed by atoms with Gasteiger partial charge in [-0.25, -0.2) is 4.79 Å². The monoisotopic (exact) mass is 422 g/mol. The van der Waals surface area contributed by atoms with Crippen molar-refractivity contribution < 1.29 is 34.1 Å². The third-order valence-electron chi connectivity index (χ3n) is 8.28. The van der Waals surface area contributed by atoms with E-state index in [9.17, 15) is 24.6 Å². The van der Waals surface area contributed by atoms with E-state index in [4.69, 9.17) is 9.47 Å².